The third kappa shape index (κ3) is 3.02. The quantitative estimate of drug-likeness (QED) is 0.607. The van der Waals surface area contributed by atoms with E-state index in [0.29, 0.717) is 5.92 Å². The van der Waals surface area contributed by atoms with Crippen LogP contribution in [-0.4, -0.2) is 40.0 Å². The van der Waals surface area contributed by atoms with Crippen molar-refractivity contribution in [2.75, 3.05) is 19.4 Å². The fourth-order valence-electron chi connectivity index (χ4n) is 2.83. The average molecular weight is 267 g/mol. The fourth-order valence-corrected chi connectivity index (χ4v) is 3.69. The zero-order chi connectivity index (χ0) is 12.8. The van der Waals surface area contributed by atoms with Gasteiger partial charge in [0, 0.05) is 23.7 Å². The largest absolute Gasteiger partial charge is 0.394 e. The minimum atomic E-state index is -0.0574. The van der Waals surface area contributed by atoms with Gasteiger partial charge in [-0.1, -0.05) is 18.2 Å². The molecule has 0 radical (unpaired) electrons. The zero-order valence-corrected chi connectivity index (χ0v) is 11.6. The molecule has 1 aliphatic rings. The number of likely N-dealkylation sites (N-methyl/N-ethyl adjacent to an activating group) is 1. The number of aliphatic hydroxyl groups excluding tert-OH is 1. The molecule has 5 heteroatoms. The van der Waals surface area contributed by atoms with Crippen LogP contribution in [0.4, 0.5) is 0 Å². The second kappa shape index (κ2) is 6.50. The Bertz CT molecular complexity index is 357. The van der Waals surface area contributed by atoms with E-state index in [-0.39, 0.29) is 12.1 Å². The second-order valence-corrected chi connectivity index (χ2v) is 5.88. The molecule has 2 atom stereocenters. The van der Waals surface area contributed by atoms with Gasteiger partial charge in [0.15, 0.2) is 5.16 Å². The van der Waals surface area contributed by atoms with Crippen LogP contribution < -0.4 is 5.32 Å². The third-order valence-corrected chi connectivity index (χ3v) is 4.89. The van der Waals surface area contributed by atoms with Gasteiger partial charge in [-0.3, -0.25) is 0 Å². The summed E-state index contributed by atoms with van der Waals surface area (Å²) in [5, 5.41) is 13.8. The van der Waals surface area contributed by atoms with E-state index in [1.807, 2.05) is 13.1 Å². The SMILES string of the molecule is CNC1(CO)CCCC1CCSc1ncccn1. The first-order valence-electron chi connectivity index (χ1n) is 6.50. The Hall–Kier alpha value is -0.650. The van der Waals surface area contributed by atoms with Crippen LogP contribution >= 0.6 is 11.8 Å². The lowest BCUT2D eigenvalue weighted by molar-refractivity contribution is 0.130. The Balaban J connectivity index is 1.83. The summed E-state index contributed by atoms with van der Waals surface area (Å²) in [5.74, 6) is 1.57. The number of hydrogen-bond donors (Lipinski definition) is 2. The average Bonchev–Trinajstić information content (AvgIpc) is 2.84. The van der Waals surface area contributed by atoms with Crippen molar-refractivity contribution in [3.63, 3.8) is 0 Å². The molecule has 1 aliphatic carbocycles. The number of thioether (sulfide) groups is 1. The van der Waals surface area contributed by atoms with Crippen molar-refractivity contribution in [1.82, 2.24) is 15.3 Å². The molecule has 4 nitrogen and oxygen atoms in total. The highest BCUT2D eigenvalue weighted by molar-refractivity contribution is 7.99. The van der Waals surface area contributed by atoms with Crippen LogP contribution in [0, 0.1) is 5.92 Å². The fraction of sp³-hybridized carbons (Fsp3) is 0.692. The predicted octanol–water partition coefficient (Wildman–Crippen LogP) is 1.71. The number of rotatable bonds is 6. The van der Waals surface area contributed by atoms with Gasteiger partial charge in [-0.15, -0.1) is 0 Å². The van der Waals surface area contributed by atoms with Crippen LogP contribution in [0.2, 0.25) is 0 Å². The molecule has 1 aromatic rings. The van der Waals surface area contributed by atoms with Gasteiger partial charge in [0.25, 0.3) is 0 Å². The summed E-state index contributed by atoms with van der Waals surface area (Å²) in [6, 6.07) is 1.83. The molecule has 2 unspecified atom stereocenters. The number of hydrogen-bond acceptors (Lipinski definition) is 5. The van der Waals surface area contributed by atoms with Crippen LogP contribution in [0.5, 0.6) is 0 Å². The molecular formula is C13H21N3OS. The molecule has 2 N–H and O–H groups in total. The summed E-state index contributed by atoms with van der Waals surface area (Å²) in [6.07, 6.45) is 8.14. The predicted molar refractivity (Wildman–Crippen MR) is 73.6 cm³/mol. The van der Waals surface area contributed by atoms with E-state index < -0.39 is 0 Å². The van der Waals surface area contributed by atoms with Crippen molar-refractivity contribution in [3.8, 4) is 0 Å². The Morgan fingerprint density at radius 3 is 2.94 bits per heavy atom. The minimum Gasteiger partial charge on any atom is -0.394 e. The van der Waals surface area contributed by atoms with Gasteiger partial charge in [-0.05, 0) is 38.3 Å². The number of nitrogens with one attached hydrogen (secondary N) is 1. The maximum absolute atomic E-state index is 9.61. The lowest BCUT2D eigenvalue weighted by Gasteiger charge is -2.33. The smallest absolute Gasteiger partial charge is 0.187 e. The Morgan fingerprint density at radius 2 is 2.28 bits per heavy atom. The topological polar surface area (TPSA) is 58.0 Å². The second-order valence-electron chi connectivity index (χ2n) is 4.82. The van der Waals surface area contributed by atoms with Crippen molar-refractivity contribution in [2.24, 2.45) is 5.92 Å². The molecule has 100 valence electrons. The van der Waals surface area contributed by atoms with Crippen molar-refractivity contribution in [3.05, 3.63) is 18.5 Å². The van der Waals surface area contributed by atoms with E-state index in [9.17, 15) is 5.11 Å². The van der Waals surface area contributed by atoms with E-state index in [0.717, 1.165) is 23.8 Å². The van der Waals surface area contributed by atoms with Crippen LogP contribution in [0.1, 0.15) is 25.7 Å². The van der Waals surface area contributed by atoms with Crippen LogP contribution in [0.15, 0.2) is 23.6 Å². The van der Waals surface area contributed by atoms with Crippen molar-refractivity contribution in [2.45, 2.75) is 36.4 Å². The molecular weight excluding hydrogens is 246 g/mol. The Kier molecular flexibility index (Phi) is 4.97. The normalized spacial score (nSPS) is 27.6. The maximum atomic E-state index is 9.61. The monoisotopic (exact) mass is 267 g/mol. The van der Waals surface area contributed by atoms with E-state index in [1.165, 1.54) is 12.8 Å². The molecule has 0 aromatic carbocycles. The molecule has 0 amide bonds. The van der Waals surface area contributed by atoms with Gasteiger partial charge in [0.05, 0.1) is 6.61 Å². The van der Waals surface area contributed by atoms with Crippen LogP contribution in [0.25, 0.3) is 0 Å². The first-order chi connectivity index (χ1) is 8.80. The molecule has 1 fully saturated rings. The first-order valence-corrected chi connectivity index (χ1v) is 7.49. The third-order valence-electron chi connectivity index (χ3n) is 3.98. The molecule has 0 saturated heterocycles. The van der Waals surface area contributed by atoms with Gasteiger partial charge in [0.1, 0.15) is 0 Å². The van der Waals surface area contributed by atoms with E-state index in [2.05, 4.69) is 15.3 Å². The van der Waals surface area contributed by atoms with Crippen molar-refractivity contribution in [1.29, 1.82) is 0 Å². The van der Waals surface area contributed by atoms with Crippen molar-refractivity contribution >= 4 is 11.8 Å². The molecule has 0 bridgehead atoms. The highest BCUT2D eigenvalue weighted by Gasteiger charge is 2.40. The summed E-state index contributed by atoms with van der Waals surface area (Å²) in [4.78, 5) is 8.41. The molecule has 1 saturated carbocycles. The van der Waals surface area contributed by atoms with Gasteiger partial charge in [-0.25, -0.2) is 9.97 Å². The molecule has 0 aliphatic heterocycles. The lowest BCUT2D eigenvalue weighted by atomic mass is 9.86. The van der Waals surface area contributed by atoms with Gasteiger partial charge in [-0.2, -0.15) is 0 Å². The number of aliphatic hydroxyl groups is 1. The summed E-state index contributed by atoms with van der Waals surface area (Å²) in [5.41, 5.74) is -0.0574. The highest BCUT2D eigenvalue weighted by Crippen LogP contribution is 2.38. The Morgan fingerprint density at radius 1 is 1.50 bits per heavy atom. The maximum Gasteiger partial charge on any atom is 0.187 e. The molecule has 0 spiro atoms. The summed E-state index contributed by atoms with van der Waals surface area (Å²) < 4.78 is 0. The Labute approximate surface area is 113 Å². The van der Waals surface area contributed by atoms with E-state index in [1.54, 1.807) is 24.2 Å². The molecule has 18 heavy (non-hydrogen) atoms. The minimum absolute atomic E-state index is 0.0574. The standard InChI is InChI=1S/C13H21N3OS/c1-14-13(10-17)6-2-4-11(13)5-9-18-12-15-7-3-8-16-12/h3,7-8,11,14,17H,2,4-6,9-10H2,1H3. The molecule has 2 rings (SSSR count). The number of aromatic nitrogens is 2. The van der Waals surface area contributed by atoms with E-state index >= 15 is 0 Å². The summed E-state index contributed by atoms with van der Waals surface area (Å²) in [6.45, 7) is 0.237. The van der Waals surface area contributed by atoms with Gasteiger partial charge in [0.2, 0.25) is 0 Å². The summed E-state index contributed by atoms with van der Waals surface area (Å²) in [7, 11) is 1.96. The van der Waals surface area contributed by atoms with Crippen molar-refractivity contribution < 1.29 is 5.11 Å². The zero-order valence-electron chi connectivity index (χ0n) is 10.8. The first kappa shape index (κ1) is 13.8. The summed E-state index contributed by atoms with van der Waals surface area (Å²) >= 11 is 1.70. The highest BCUT2D eigenvalue weighted by atomic mass is 32.2. The molecule has 1 aromatic heterocycles. The molecule has 1 heterocycles. The van der Waals surface area contributed by atoms with Gasteiger partial charge < -0.3 is 10.4 Å². The van der Waals surface area contributed by atoms with E-state index in [4.69, 9.17) is 0 Å². The van der Waals surface area contributed by atoms with Gasteiger partial charge >= 0.3 is 0 Å². The van der Waals surface area contributed by atoms with Crippen LogP contribution in [0.3, 0.4) is 0 Å². The number of nitrogens with zero attached hydrogens (tertiary/aromatic N) is 2. The lowest BCUT2D eigenvalue weighted by Crippen LogP contribution is -2.49. The van der Waals surface area contributed by atoms with Crippen LogP contribution in [-0.2, 0) is 0 Å².